The Morgan fingerprint density at radius 2 is 1.68 bits per heavy atom. The van der Waals surface area contributed by atoms with Gasteiger partial charge in [0.1, 0.15) is 12.4 Å². The van der Waals surface area contributed by atoms with Crippen LogP contribution < -0.4 is 4.74 Å². The van der Waals surface area contributed by atoms with Gasteiger partial charge in [-0.3, -0.25) is 0 Å². The van der Waals surface area contributed by atoms with Crippen molar-refractivity contribution in [3.05, 3.63) is 72.1 Å². The second kappa shape index (κ2) is 5.34. The van der Waals surface area contributed by atoms with E-state index in [4.69, 9.17) is 4.74 Å². The van der Waals surface area contributed by atoms with E-state index in [1.165, 1.54) is 12.1 Å². The van der Waals surface area contributed by atoms with Gasteiger partial charge >= 0.3 is 6.18 Å². The van der Waals surface area contributed by atoms with Crippen LogP contribution in [0.4, 0.5) is 13.2 Å². The zero-order valence-electron chi connectivity index (χ0n) is 10.1. The van der Waals surface area contributed by atoms with E-state index in [1.54, 1.807) is 12.1 Å². The SMILES string of the molecule is [CH2]c1cccc(OCc2ccc(C(F)(F)F)cc2)c1. The van der Waals surface area contributed by atoms with E-state index in [-0.39, 0.29) is 6.61 Å². The number of alkyl halides is 3. The second-order valence-electron chi connectivity index (χ2n) is 4.13. The third-order valence-corrected chi connectivity index (χ3v) is 2.59. The zero-order valence-corrected chi connectivity index (χ0v) is 10.1. The molecule has 19 heavy (non-hydrogen) atoms. The summed E-state index contributed by atoms with van der Waals surface area (Å²) in [6.07, 6.45) is -4.30. The van der Waals surface area contributed by atoms with Crippen LogP contribution in [-0.4, -0.2) is 0 Å². The molecule has 0 saturated carbocycles. The average molecular weight is 265 g/mol. The molecule has 0 aliphatic heterocycles. The smallest absolute Gasteiger partial charge is 0.416 e. The van der Waals surface area contributed by atoms with E-state index in [9.17, 15) is 13.2 Å². The van der Waals surface area contributed by atoms with Gasteiger partial charge < -0.3 is 4.74 Å². The van der Waals surface area contributed by atoms with E-state index < -0.39 is 11.7 Å². The molecule has 0 aromatic heterocycles. The summed E-state index contributed by atoms with van der Waals surface area (Å²) in [5.41, 5.74) is 0.850. The average Bonchev–Trinajstić information content (AvgIpc) is 2.36. The summed E-state index contributed by atoms with van der Waals surface area (Å²) in [7, 11) is 0. The molecule has 0 spiro atoms. The molecule has 99 valence electrons. The van der Waals surface area contributed by atoms with Gasteiger partial charge in [0.2, 0.25) is 0 Å². The predicted octanol–water partition coefficient (Wildman–Crippen LogP) is 4.47. The third kappa shape index (κ3) is 3.74. The van der Waals surface area contributed by atoms with Crippen molar-refractivity contribution >= 4 is 0 Å². The van der Waals surface area contributed by atoms with Crippen molar-refractivity contribution in [3.8, 4) is 5.75 Å². The molecule has 0 amide bonds. The van der Waals surface area contributed by atoms with Crippen LogP contribution in [0.25, 0.3) is 0 Å². The Kier molecular flexibility index (Phi) is 3.79. The number of halogens is 3. The fraction of sp³-hybridized carbons (Fsp3) is 0.133. The molecule has 0 saturated heterocycles. The maximum absolute atomic E-state index is 12.4. The maximum atomic E-state index is 12.4. The lowest BCUT2D eigenvalue weighted by Gasteiger charge is -2.09. The van der Waals surface area contributed by atoms with Crippen molar-refractivity contribution in [1.29, 1.82) is 0 Å². The molecule has 2 rings (SSSR count). The monoisotopic (exact) mass is 265 g/mol. The molecule has 1 nitrogen and oxygen atoms in total. The van der Waals surface area contributed by atoms with Crippen LogP contribution in [0, 0.1) is 6.92 Å². The van der Waals surface area contributed by atoms with Gasteiger partial charge in [-0.1, -0.05) is 24.3 Å². The highest BCUT2D eigenvalue weighted by Gasteiger charge is 2.29. The summed E-state index contributed by atoms with van der Waals surface area (Å²) < 4.78 is 42.6. The largest absolute Gasteiger partial charge is 0.489 e. The lowest BCUT2D eigenvalue weighted by molar-refractivity contribution is -0.137. The highest BCUT2D eigenvalue weighted by atomic mass is 19.4. The first-order valence-corrected chi connectivity index (χ1v) is 5.66. The maximum Gasteiger partial charge on any atom is 0.416 e. The minimum Gasteiger partial charge on any atom is -0.489 e. The Labute approximate surface area is 109 Å². The number of hydrogen-bond donors (Lipinski definition) is 0. The fourth-order valence-electron chi connectivity index (χ4n) is 1.59. The first-order valence-electron chi connectivity index (χ1n) is 5.66. The van der Waals surface area contributed by atoms with Crippen LogP contribution >= 0.6 is 0 Å². The summed E-state index contributed by atoms with van der Waals surface area (Å²) >= 11 is 0. The highest BCUT2D eigenvalue weighted by Crippen LogP contribution is 2.29. The van der Waals surface area contributed by atoms with Gasteiger partial charge in [0, 0.05) is 0 Å². The summed E-state index contributed by atoms with van der Waals surface area (Å²) in [6.45, 7) is 3.99. The number of ether oxygens (including phenoxy) is 1. The van der Waals surface area contributed by atoms with Crippen molar-refractivity contribution in [2.75, 3.05) is 0 Å². The molecule has 0 unspecified atom stereocenters. The minimum absolute atomic E-state index is 0.224. The van der Waals surface area contributed by atoms with Crippen molar-refractivity contribution in [2.45, 2.75) is 12.8 Å². The highest BCUT2D eigenvalue weighted by molar-refractivity contribution is 5.30. The molecule has 0 fully saturated rings. The van der Waals surface area contributed by atoms with Gasteiger partial charge in [-0.25, -0.2) is 0 Å². The van der Waals surface area contributed by atoms with Gasteiger partial charge in [0.05, 0.1) is 5.56 Å². The Balaban J connectivity index is 2.01. The molecular weight excluding hydrogens is 253 g/mol. The molecule has 0 heterocycles. The molecule has 4 heteroatoms. The van der Waals surface area contributed by atoms with E-state index in [2.05, 4.69) is 6.92 Å². The molecule has 2 aromatic carbocycles. The molecule has 0 bridgehead atoms. The van der Waals surface area contributed by atoms with E-state index in [0.717, 1.165) is 17.7 Å². The summed E-state index contributed by atoms with van der Waals surface area (Å²) in [5.74, 6) is 0.646. The number of hydrogen-bond acceptors (Lipinski definition) is 1. The Hall–Kier alpha value is -1.97. The van der Waals surface area contributed by atoms with Gasteiger partial charge in [-0.05, 0) is 42.3 Å². The van der Waals surface area contributed by atoms with Crippen LogP contribution in [0.1, 0.15) is 16.7 Å². The molecule has 0 N–H and O–H groups in total. The quantitative estimate of drug-likeness (QED) is 0.795. The standard InChI is InChI=1S/C15H12F3O/c1-11-3-2-4-14(9-11)19-10-12-5-7-13(8-6-12)15(16,17)18/h2-9H,1,10H2. The number of rotatable bonds is 3. The van der Waals surface area contributed by atoms with Gasteiger partial charge in [0.25, 0.3) is 0 Å². The van der Waals surface area contributed by atoms with Crippen LogP contribution in [0.5, 0.6) is 5.75 Å². The van der Waals surface area contributed by atoms with Crippen molar-refractivity contribution in [2.24, 2.45) is 0 Å². The molecule has 1 radical (unpaired) electrons. The van der Waals surface area contributed by atoms with Crippen LogP contribution in [0.2, 0.25) is 0 Å². The predicted molar refractivity (Wildman–Crippen MR) is 66.7 cm³/mol. The molecule has 0 aliphatic carbocycles. The van der Waals surface area contributed by atoms with Crippen molar-refractivity contribution < 1.29 is 17.9 Å². The molecule has 0 atom stereocenters. The first-order chi connectivity index (χ1) is 8.95. The topological polar surface area (TPSA) is 9.23 Å². The lowest BCUT2D eigenvalue weighted by Crippen LogP contribution is -2.05. The molecule has 2 aromatic rings. The molecular formula is C15H12F3O. The fourth-order valence-corrected chi connectivity index (χ4v) is 1.59. The van der Waals surface area contributed by atoms with Crippen LogP contribution in [-0.2, 0) is 12.8 Å². The molecule has 0 aliphatic rings. The number of benzene rings is 2. The second-order valence-corrected chi connectivity index (χ2v) is 4.13. The third-order valence-electron chi connectivity index (χ3n) is 2.59. The van der Waals surface area contributed by atoms with Crippen molar-refractivity contribution in [1.82, 2.24) is 0 Å². The Morgan fingerprint density at radius 3 is 2.26 bits per heavy atom. The van der Waals surface area contributed by atoms with Gasteiger partial charge in [-0.15, -0.1) is 0 Å². The zero-order chi connectivity index (χ0) is 13.9. The lowest BCUT2D eigenvalue weighted by atomic mass is 10.1. The first kappa shape index (κ1) is 13.5. The van der Waals surface area contributed by atoms with E-state index in [0.29, 0.717) is 11.3 Å². The van der Waals surface area contributed by atoms with Gasteiger partial charge in [-0.2, -0.15) is 13.2 Å². The summed E-state index contributed by atoms with van der Waals surface area (Å²) in [5, 5.41) is 0. The van der Waals surface area contributed by atoms with E-state index in [1.807, 2.05) is 12.1 Å². The van der Waals surface area contributed by atoms with Gasteiger partial charge in [0.15, 0.2) is 0 Å². The summed E-state index contributed by atoms with van der Waals surface area (Å²) in [6, 6.07) is 12.1. The normalized spacial score (nSPS) is 11.4. The Morgan fingerprint density at radius 1 is 1.00 bits per heavy atom. The Bertz CT molecular complexity index is 544. The minimum atomic E-state index is -4.30. The van der Waals surface area contributed by atoms with Crippen LogP contribution in [0.3, 0.4) is 0 Å². The summed E-state index contributed by atoms with van der Waals surface area (Å²) in [4.78, 5) is 0. The van der Waals surface area contributed by atoms with Crippen LogP contribution in [0.15, 0.2) is 48.5 Å². The van der Waals surface area contributed by atoms with Crippen molar-refractivity contribution in [3.63, 3.8) is 0 Å². The van der Waals surface area contributed by atoms with E-state index >= 15 is 0 Å².